The van der Waals surface area contributed by atoms with Crippen LogP contribution in [0.4, 0.5) is 5.82 Å². The molecule has 2 rings (SSSR count). The molecule has 0 saturated heterocycles. The van der Waals surface area contributed by atoms with E-state index in [1.165, 1.54) is 0 Å². The first-order chi connectivity index (χ1) is 9.61. The highest BCUT2D eigenvalue weighted by Gasteiger charge is 2.09. The van der Waals surface area contributed by atoms with Gasteiger partial charge in [-0.15, -0.1) is 0 Å². The monoisotopic (exact) mass is 330 g/mol. The van der Waals surface area contributed by atoms with E-state index < -0.39 is 0 Å². The second-order valence-corrected chi connectivity index (χ2v) is 5.25. The van der Waals surface area contributed by atoms with E-state index in [0.29, 0.717) is 27.4 Å². The minimum absolute atomic E-state index is 0.341. The normalized spacial score (nSPS) is 10.4. The third kappa shape index (κ3) is 3.69. The standard InChI is InChI=1S/C14H13Cl3N2O/c1-2-18-14-9(4-3-5-19-14)8-20-13-7-11(16)10(15)6-12(13)17/h3-7H,2,8H2,1H3,(H,18,19). The predicted molar refractivity (Wildman–Crippen MR) is 84.2 cm³/mol. The smallest absolute Gasteiger partial charge is 0.139 e. The maximum atomic E-state index is 6.07. The number of hydrogen-bond donors (Lipinski definition) is 1. The van der Waals surface area contributed by atoms with Gasteiger partial charge >= 0.3 is 0 Å². The number of nitrogens with zero attached hydrogens (tertiary/aromatic N) is 1. The van der Waals surface area contributed by atoms with Crippen molar-refractivity contribution in [2.75, 3.05) is 11.9 Å². The third-order valence-electron chi connectivity index (χ3n) is 2.59. The zero-order chi connectivity index (χ0) is 14.5. The fourth-order valence-electron chi connectivity index (χ4n) is 1.65. The number of pyridine rings is 1. The lowest BCUT2D eigenvalue weighted by Gasteiger charge is -2.12. The number of halogens is 3. The van der Waals surface area contributed by atoms with Gasteiger partial charge in [-0.2, -0.15) is 0 Å². The van der Waals surface area contributed by atoms with Crippen molar-refractivity contribution in [1.82, 2.24) is 4.98 Å². The SMILES string of the molecule is CCNc1ncccc1COc1cc(Cl)c(Cl)cc1Cl. The summed E-state index contributed by atoms with van der Waals surface area (Å²) in [5.41, 5.74) is 0.941. The van der Waals surface area contributed by atoms with E-state index >= 15 is 0 Å². The summed E-state index contributed by atoms with van der Waals surface area (Å²) in [6.07, 6.45) is 1.73. The Labute approximate surface area is 132 Å². The molecule has 6 heteroatoms. The summed E-state index contributed by atoms with van der Waals surface area (Å²) in [7, 11) is 0. The molecule has 0 atom stereocenters. The molecule has 0 aliphatic carbocycles. The minimum atomic E-state index is 0.341. The Hall–Kier alpha value is -1.16. The second kappa shape index (κ2) is 7.02. The van der Waals surface area contributed by atoms with Crippen molar-refractivity contribution in [2.24, 2.45) is 0 Å². The average molecular weight is 332 g/mol. The van der Waals surface area contributed by atoms with Gasteiger partial charge in [0.2, 0.25) is 0 Å². The molecule has 0 spiro atoms. The molecule has 0 unspecified atom stereocenters. The molecule has 1 heterocycles. The molecule has 0 aliphatic heterocycles. The predicted octanol–water partition coefficient (Wildman–Crippen LogP) is 5.05. The van der Waals surface area contributed by atoms with Crippen molar-refractivity contribution >= 4 is 40.6 Å². The van der Waals surface area contributed by atoms with Gasteiger partial charge in [0.1, 0.15) is 18.2 Å². The molecule has 0 amide bonds. The summed E-state index contributed by atoms with van der Waals surface area (Å²) in [4.78, 5) is 4.26. The zero-order valence-electron chi connectivity index (χ0n) is 10.8. The van der Waals surface area contributed by atoms with Crippen LogP contribution in [0.3, 0.4) is 0 Å². The van der Waals surface area contributed by atoms with Gasteiger partial charge in [-0.25, -0.2) is 4.98 Å². The van der Waals surface area contributed by atoms with Crippen LogP contribution in [-0.2, 0) is 6.61 Å². The van der Waals surface area contributed by atoms with Gasteiger partial charge in [-0.3, -0.25) is 0 Å². The Balaban J connectivity index is 2.15. The van der Waals surface area contributed by atoms with Crippen LogP contribution < -0.4 is 10.1 Å². The first kappa shape index (κ1) is 15.2. The summed E-state index contributed by atoms with van der Waals surface area (Å²) >= 11 is 17.9. The summed E-state index contributed by atoms with van der Waals surface area (Å²) < 4.78 is 5.69. The second-order valence-electron chi connectivity index (χ2n) is 4.03. The van der Waals surface area contributed by atoms with Crippen molar-refractivity contribution < 1.29 is 4.74 Å². The van der Waals surface area contributed by atoms with E-state index in [1.807, 2.05) is 19.1 Å². The molecule has 0 bridgehead atoms. The largest absolute Gasteiger partial charge is 0.487 e. The van der Waals surface area contributed by atoms with Crippen LogP contribution in [0.15, 0.2) is 30.5 Å². The van der Waals surface area contributed by atoms with Crippen molar-refractivity contribution in [2.45, 2.75) is 13.5 Å². The minimum Gasteiger partial charge on any atom is -0.487 e. The first-order valence-corrected chi connectivity index (χ1v) is 7.20. The van der Waals surface area contributed by atoms with Gasteiger partial charge < -0.3 is 10.1 Å². The molecule has 1 aromatic heterocycles. The molecule has 0 aliphatic rings. The molecule has 2 aromatic rings. The first-order valence-electron chi connectivity index (χ1n) is 6.07. The van der Waals surface area contributed by atoms with E-state index in [4.69, 9.17) is 39.5 Å². The lowest BCUT2D eigenvalue weighted by atomic mass is 10.2. The number of aromatic nitrogens is 1. The average Bonchev–Trinajstić information content (AvgIpc) is 2.43. The van der Waals surface area contributed by atoms with E-state index in [9.17, 15) is 0 Å². The molecule has 1 N–H and O–H groups in total. The highest BCUT2D eigenvalue weighted by molar-refractivity contribution is 6.43. The third-order valence-corrected chi connectivity index (χ3v) is 3.61. The maximum Gasteiger partial charge on any atom is 0.139 e. The molecular weight excluding hydrogens is 319 g/mol. The molecule has 0 fully saturated rings. The Kier molecular flexibility index (Phi) is 5.35. The fourth-order valence-corrected chi connectivity index (χ4v) is 2.24. The Morgan fingerprint density at radius 3 is 2.65 bits per heavy atom. The molecule has 106 valence electrons. The molecule has 3 nitrogen and oxygen atoms in total. The highest BCUT2D eigenvalue weighted by Crippen LogP contribution is 2.34. The Morgan fingerprint density at radius 1 is 1.15 bits per heavy atom. The number of nitrogens with one attached hydrogen (secondary N) is 1. The Bertz CT molecular complexity index is 605. The quantitative estimate of drug-likeness (QED) is 0.778. The van der Waals surface area contributed by atoms with Gasteiger partial charge in [0.15, 0.2) is 0 Å². The molecule has 0 radical (unpaired) electrons. The van der Waals surface area contributed by atoms with Crippen LogP contribution in [0.5, 0.6) is 5.75 Å². The summed E-state index contributed by atoms with van der Waals surface area (Å²) in [5.74, 6) is 1.29. The van der Waals surface area contributed by atoms with Crippen LogP contribution in [0, 0.1) is 0 Å². The number of rotatable bonds is 5. The van der Waals surface area contributed by atoms with E-state index in [-0.39, 0.29) is 0 Å². The molecule has 1 aromatic carbocycles. The van der Waals surface area contributed by atoms with Crippen LogP contribution in [0.1, 0.15) is 12.5 Å². The van der Waals surface area contributed by atoms with Crippen molar-refractivity contribution in [3.63, 3.8) is 0 Å². The lowest BCUT2D eigenvalue weighted by Crippen LogP contribution is -2.05. The van der Waals surface area contributed by atoms with Crippen molar-refractivity contribution in [1.29, 1.82) is 0 Å². The van der Waals surface area contributed by atoms with Crippen LogP contribution >= 0.6 is 34.8 Å². The maximum absolute atomic E-state index is 6.07. The molecule has 20 heavy (non-hydrogen) atoms. The fraction of sp³-hybridized carbons (Fsp3) is 0.214. The van der Waals surface area contributed by atoms with Gasteiger partial charge in [0.05, 0.1) is 15.1 Å². The lowest BCUT2D eigenvalue weighted by molar-refractivity contribution is 0.306. The van der Waals surface area contributed by atoms with E-state index in [2.05, 4.69) is 10.3 Å². The van der Waals surface area contributed by atoms with Gasteiger partial charge in [-0.1, -0.05) is 40.9 Å². The summed E-state index contributed by atoms with van der Waals surface area (Å²) in [6.45, 7) is 3.14. The highest BCUT2D eigenvalue weighted by atomic mass is 35.5. The van der Waals surface area contributed by atoms with Crippen LogP contribution in [0.2, 0.25) is 15.1 Å². The van der Waals surface area contributed by atoms with E-state index in [0.717, 1.165) is 17.9 Å². The van der Waals surface area contributed by atoms with Crippen LogP contribution in [-0.4, -0.2) is 11.5 Å². The van der Waals surface area contributed by atoms with Gasteiger partial charge in [-0.05, 0) is 19.1 Å². The molecule has 0 saturated carbocycles. The summed E-state index contributed by atoms with van der Waals surface area (Å²) in [5, 5.41) is 4.41. The van der Waals surface area contributed by atoms with Crippen LogP contribution in [0.25, 0.3) is 0 Å². The number of benzene rings is 1. The number of ether oxygens (including phenoxy) is 1. The summed E-state index contributed by atoms with van der Waals surface area (Å²) in [6, 6.07) is 6.97. The van der Waals surface area contributed by atoms with Crippen molar-refractivity contribution in [3.05, 3.63) is 51.1 Å². The van der Waals surface area contributed by atoms with Gasteiger partial charge in [0, 0.05) is 24.4 Å². The number of hydrogen-bond acceptors (Lipinski definition) is 3. The van der Waals surface area contributed by atoms with Gasteiger partial charge in [0.25, 0.3) is 0 Å². The Morgan fingerprint density at radius 2 is 1.90 bits per heavy atom. The number of anilines is 1. The van der Waals surface area contributed by atoms with Crippen molar-refractivity contribution in [3.8, 4) is 5.75 Å². The molecular formula is C14H13Cl3N2O. The van der Waals surface area contributed by atoms with E-state index in [1.54, 1.807) is 18.3 Å². The topological polar surface area (TPSA) is 34.2 Å². The zero-order valence-corrected chi connectivity index (χ0v) is 13.1.